The molecule has 3 aromatic carbocycles. The molecule has 42 heavy (non-hydrogen) atoms. The van der Waals surface area contributed by atoms with Crippen LogP contribution in [0.3, 0.4) is 0 Å². The zero-order valence-corrected chi connectivity index (χ0v) is 21.7. The Morgan fingerprint density at radius 1 is 0.524 bits per heavy atom. The number of rotatable bonds is 7. The van der Waals surface area contributed by atoms with Crippen molar-refractivity contribution < 1.29 is 48.3 Å². The molecule has 12 heteroatoms. The van der Waals surface area contributed by atoms with Crippen LogP contribution in [0.4, 0.5) is 48.3 Å². The monoisotopic (exact) mass is 603 g/mol. The van der Waals surface area contributed by atoms with Crippen LogP contribution in [0.25, 0.3) is 33.5 Å². The number of alkyl halides is 11. The predicted molar refractivity (Wildman–Crippen MR) is 135 cm³/mol. The average Bonchev–Trinajstić information content (AvgIpc) is 2.92. The third kappa shape index (κ3) is 4.90. The van der Waals surface area contributed by atoms with Gasteiger partial charge in [0.25, 0.3) is 0 Å². The lowest BCUT2D eigenvalue weighted by molar-refractivity contribution is -0.424. The Hall–Kier alpha value is -3.96. The van der Waals surface area contributed by atoms with Crippen LogP contribution in [-0.2, 0) is 5.92 Å². The highest BCUT2D eigenvalue weighted by Crippen LogP contribution is 2.60. The predicted octanol–water partition coefficient (Wildman–Crippen LogP) is 10.3. The summed E-state index contributed by atoms with van der Waals surface area (Å²) in [5.74, 6) is -28.3. The molecule has 222 valence electrons. The van der Waals surface area contributed by atoms with Crippen LogP contribution in [0.2, 0.25) is 0 Å². The van der Waals surface area contributed by atoms with E-state index in [-0.39, 0.29) is 16.7 Å². The summed E-state index contributed by atoms with van der Waals surface area (Å²) in [5, 5.41) is 0. The fraction of sp³-hybridized carbons (Fsp3) is 0.233. The Morgan fingerprint density at radius 2 is 1.12 bits per heavy atom. The first-order valence-electron chi connectivity index (χ1n) is 12.2. The molecule has 0 saturated heterocycles. The molecule has 0 aliphatic carbocycles. The van der Waals surface area contributed by atoms with E-state index in [1.165, 1.54) is 6.20 Å². The Labute approximate surface area is 232 Å². The smallest absolute Gasteiger partial charge is 0.256 e. The zero-order chi connectivity index (χ0) is 31.3. The van der Waals surface area contributed by atoms with E-state index in [4.69, 9.17) is 0 Å². The highest BCUT2D eigenvalue weighted by atomic mass is 19.4. The van der Waals surface area contributed by atoms with Gasteiger partial charge >= 0.3 is 29.9 Å². The van der Waals surface area contributed by atoms with Crippen LogP contribution in [0.5, 0.6) is 0 Å². The van der Waals surface area contributed by atoms with Crippen LogP contribution in [-0.4, -0.2) is 28.9 Å². The topological polar surface area (TPSA) is 12.9 Å². The molecule has 0 aliphatic rings. The van der Waals surface area contributed by atoms with Gasteiger partial charge in [-0.15, -0.1) is 0 Å². The second-order valence-corrected chi connectivity index (χ2v) is 9.62. The molecule has 0 bridgehead atoms. The SMILES string of the molecule is Cc1cccc(C)c1-c1cc(C(F)(F)C(F)(F)C(F)(F)C(F)(F)C(F)(F)F)ccc1-c1cccc(-c2ccccn2)c1. The molecule has 0 aliphatic heterocycles. The second kappa shape index (κ2) is 10.4. The van der Waals surface area contributed by atoms with Gasteiger partial charge < -0.3 is 0 Å². The quantitative estimate of drug-likeness (QED) is 0.192. The molecule has 0 unspecified atom stereocenters. The summed E-state index contributed by atoms with van der Waals surface area (Å²) in [7, 11) is 0. The van der Waals surface area contributed by atoms with E-state index in [1.807, 2.05) is 0 Å². The molecule has 0 radical (unpaired) electrons. The minimum atomic E-state index is -7.50. The van der Waals surface area contributed by atoms with E-state index in [0.717, 1.165) is 6.07 Å². The highest BCUT2D eigenvalue weighted by Gasteiger charge is 2.87. The molecule has 0 N–H and O–H groups in total. The van der Waals surface area contributed by atoms with Crippen LogP contribution >= 0.6 is 0 Å². The maximum absolute atomic E-state index is 15.1. The van der Waals surface area contributed by atoms with Crippen molar-refractivity contribution in [3.63, 3.8) is 0 Å². The maximum Gasteiger partial charge on any atom is 0.460 e. The molecular formula is C30H20F11N. The van der Waals surface area contributed by atoms with Crippen molar-refractivity contribution in [2.24, 2.45) is 0 Å². The standard InChI is InChI=1S/C30H20F11N/c1-17-7-5-8-18(2)25(17)23-16-21(26(31,32)27(33,34)28(35,36)29(37,38)30(39,40)41)12-13-22(23)19-9-6-10-20(15-19)24-11-3-4-14-42-24/h3-16H,1-2H3. The van der Waals surface area contributed by atoms with Gasteiger partial charge in [0, 0.05) is 17.3 Å². The fourth-order valence-electron chi connectivity index (χ4n) is 4.57. The van der Waals surface area contributed by atoms with Gasteiger partial charge in [0.2, 0.25) is 0 Å². The molecule has 0 amide bonds. The first-order chi connectivity index (χ1) is 19.3. The van der Waals surface area contributed by atoms with Gasteiger partial charge in [0.05, 0.1) is 5.69 Å². The Balaban J connectivity index is 1.95. The summed E-state index contributed by atoms with van der Waals surface area (Å²) in [4.78, 5) is 4.23. The number of hydrogen-bond acceptors (Lipinski definition) is 1. The average molecular weight is 603 g/mol. The van der Waals surface area contributed by atoms with Crippen molar-refractivity contribution in [1.29, 1.82) is 0 Å². The van der Waals surface area contributed by atoms with Crippen LogP contribution in [0.1, 0.15) is 16.7 Å². The van der Waals surface area contributed by atoms with Gasteiger partial charge in [-0.25, -0.2) is 0 Å². The second-order valence-electron chi connectivity index (χ2n) is 9.62. The Morgan fingerprint density at radius 3 is 1.69 bits per heavy atom. The summed E-state index contributed by atoms with van der Waals surface area (Å²) in [6.45, 7) is 3.13. The number of nitrogens with zero attached hydrogens (tertiary/aromatic N) is 1. The summed E-state index contributed by atoms with van der Waals surface area (Å²) in [5.41, 5.74) is 0.752. The molecule has 0 spiro atoms. The number of hydrogen-bond donors (Lipinski definition) is 0. The number of benzene rings is 3. The molecule has 0 atom stereocenters. The molecule has 1 nitrogen and oxygen atoms in total. The van der Waals surface area contributed by atoms with E-state index in [0.29, 0.717) is 40.1 Å². The van der Waals surface area contributed by atoms with Crippen molar-refractivity contribution in [2.45, 2.75) is 43.7 Å². The highest BCUT2D eigenvalue weighted by molar-refractivity contribution is 5.88. The maximum atomic E-state index is 15.1. The van der Waals surface area contributed by atoms with E-state index < -0.39 is 35.4 Å². The molecular weight excluding hydrogens is 583 g/mol. The van der Waals surface area contributed by atoms with Gasteiger partial charge in [-0.2, -0.15) is 48.3 Å². The first kappa shape index (κ1) is 31.0. The Kier molecular flexibility index (Phi) is 7.67. The number of pyridine rings is 1. The lowest BCUT2D eigenvalue weighted by Gasteiger charge is -2.37. The lowest BCUT2D eigenvalue weighted by atomic mass is 9.85. The number of aryl methyl sites for hydroxylation is 2. The summed E-state index contributed by atoms with van der Waals surface area (Å²) >= 11 is 0. The normalized spacial score (nSPS) is 13.4. The third-order valence-corrected chi connectivity index (χ3v) is 6.81. The number of halogens is 11. The van der Waals surface area contributed by atoms with Gasteiger partial charge in [-0.1, -0.05) is 54.6 Å². The van der Waals surface area contributed by atoms with Gasteiger partial charge in [0.15, 0.2) is 0 Å². The summed E-state index contributed by atoms with van der Waals surface area (Å²) in [6, 6.07) is 17.9. The van der Waals surface area contributed by atoms with E-state index in [2.05, 4.69) is 4.98 Å². The van der Waals surface area contributed by atoms with Crippen molar-refractivity contribution in [1.82, 2.24) is 4.98 Å². The molecule has 4 aromatic rings. The van der Waals surface area contributed by atoms with Crippen LogP contribution in [0, 0.1) is 13.8 Å². The van der Waals surface area contributed by atoms with E-state index >= 15 is 8.78 Å². The van der Waals surface area contributed by atoms with Crippen LogP contribution in [0.15, 0.2) is 85.1 Å². The largest absolute Gasteiger partial charge is 0.460 e. The molecule has 1 heterocycles. The lowest BCUT2D eigenvalue weighted by Crippen LogP contribution is -2.65. The number of aromatic nitrogens is 1. The van der Waals surface area contributed by atoms with Crippen LogP contribution < -0.4 is 0 Å². The van der Waals surface area contributed by atoms with Gasteiger partial charge in [-0.05, 0) is 71.5 Å². The van der Waals surface area contributed by atoms with Crippen molar-refractivity contribution >= 4 is 0 Å². The summed E-state index contributed by atoms with van der Waals surface area (Å²) < 4.78 is 152. The molecule has 1 aromatic heterocycles. The molecule has 0 saturated carbocycles. The van der Waals surface area contributed by atoms with Gasteiger partial charge in [0.1, 0.15) is 0 Å². The van der Waals surface area contributed by atoms with Gasteiger partial charge in [-0.3, -0.25) is 4.98 Å². The van der Waals surface area contributed by atoms with Crippen molar-refractivity contribution in [3.05, 3.63) is 102 Å². The third-order valence-electron chi connectivity index (χ3n) is 6.81. The van der Waals surface area contributed by atoms with E-state index in [9.17, 15) is 39.5 Å². The minimum absolute atomic E-state index is 0.164. The summed E-state index contributed by atoms with van der Waals surface area (Å²) in [6.07, 6.45) is -5.71. The van der Waals surface area contributed by atoms with E-state index in [1.54, 1.807) is 74.5 Å². The zero-order valence-electron chi connectivity index (χ0n) is 21.7. The molecule has 0 fully saturated rings. The Bertz CT molecular complexity index is 1570. The van der Waals surface area contributed by atoms with Crippen molar-refractivity contribution in [2.75, 3.05) is 0 Å². The van der Waals surface area contributed by atoms with Crippen molar-refractivity contribution in [3.8, 4) is 33.5 Å². The fourth-order valence-corrected chi connectivity index (χ4v) is 4.57. The molecule has 4 rings (SSSR count). The minimum Gasteiger partial charge on any atom is -0.256 e. The first-order valence-corrected chi connectivity index (χ1v) is 12.2.